The number of aldehydes is 1. The molecule has 0 radical (unpaired) electrons. The zero-order valence-electron chi connectivity index (χ0n) is 9.90. The van der Waals surface area contributed by atoms with Gasteiger partial charge in [0.15, 0.2) is 11.9 Å². The van der Waals surface area contributed by atoms with Gasteiger partial charge in [0.05, 0.1) is 0 Å². The molecular formula is C15H10BrFO2. The first-order chi connectivity index (χ1) is 9.14. The predicted molar refractivity (Wildman–Crippen MR) is 72.6 cm³/mol. The van der Waals surface area contributed by atoms with Gasteiger partial charge in [-0.15, -0.1) is 0 Å². The summed E-state index contributed by atoms with van der Waals surface area (Å²) >= 11 is 3.32. The van der Waals surface area contributed by atoms with Crippen molar-refractivity contribution < 1.29 is 13.9 Å². The number of carbonyl (C=O) groups excluding carboxylic acids is 1. The topological polar surface area (TPSA) is 26.3 Å². The quantitative estimate of drug-likeness (QED) is 0.790. The van der Waals surface area contributed by atoms with E-state index in [0.717, 1.165) is 17.4 Å². The lowest BCUT2D eigenvalue weighted by Crippen LogP contribution is -2.33. The second-order valence-corrected chi connectivity index (χ2v) is 5.37. The third-order valence-electron chi connectivity index (χ3n) is 3.30. The van der Waals surface area contributed by atoms with Gasteiger partial charge in [0, 0.05) is 28.1 Å². The summed E-state index contributed by atoms with van der Waals surface area (Å²) in [6, 6.07) is 11.9. The van der Waals surface area contributed by atoms with Crippen LogP contribution < -0.4 is 4.74 Å². The molecule has 0 N–H and O–H groups in total. The molecule has 19 heavy (non-hydrogen) atoms. The number of rotatable bonds is 2. The first-order valence-corrected chi connectivity index (χ1v) is 6.63. The summed E-state index contributed by atoms with van der Waals surface area (Å²) in [6.07, 6.45) is 1.18. The summed E-state index contributed by atoms with van der Waals surface area (Å²) in [7, 11) is 0. The lowest BCUT2D eigenvalue weighted by molar-refractivity contribution is -0.120. The maximum absolute atomic E-state index is 13.4. The van der Waals surface area contributed by atoms with E-state index in [1.807, 2.05) is 30.3 Å². The van der Waals surface area contributed by atoms with Gasteiger partial charge in [0.25, 0.3) is 0 Å². The normalized spacial score (nSPS) is 20.7. The van der Waals surface area contributed by atoms with Gasteiger partial charge < -0.3 is 4.74 Å². The van der Waals surface area contributed by atoms with Gasteiger partial charge in [0.1, 0.15) is 11.6 Å². The Morgan fingerprint density at radius 1 is 1.26 bits per heavy atom. The van der Waals surface area contributed by atoms with Gasteiger partial charge in [-0.2, -0.15) is 0 Å². The largest absolute Gasteiger partial charge is 0.474 e. The molecule has 2 aromatic rings. The molecule has 96 valence electrons. The van der Waals surface area contributed by atoms with Gasteiger partial charge in [-0.3, -0.25) is 4.79 Å². The number of benzene rings is 2. The van der Waals surface area contributed by atoms with Crippen molar-refractivity contribution >= 4 is 22.2 Å². The highest BCUT2D eigenvalue weighted by Crippen LogP contribution is 2.43. The van der Waals surface area contributed by atoms with Gasteiger partial charge >= 0.3 is 0 Å². The summed E-state index contributed by atoms with van der Waals surface area (Å²) in [6.45, 7) is 0. The molecule has 0 saturated heterocycles. The molecule has 1 aliphatic rings. The van der Waals surface area contributed by atoms with E-state index in [1.165, 1.54) is 12.1 Å². The van der Waals surface area contributed by atoms with E-state index in [9.17, 15) is 9.18 Å². The van der Waals surface area contributed by atoms with Crippen LogP contribution in [0.1, 0.15) is 11.1 Å². The second kappa shape index (κ2) is 4.46. The Morgan fingerprint density at radius 3 is 2.68 bits per heavy atom. The molecule has 0 unspecified atom stereocenters. The number of fused-ring (bicyclic) bond motifs is 1. The minimum absolute atomic E-state index is 0.389. The summed E-state index contributed by atoms with van der Waals surface area (Å²) < 4.78 is 19.8. The zero-order valence-corrected chi connectivity index (χ0v) is 11.5. The van der Waals surface area contributed by atoms with E-state index in [0.29, 0.717) is 16.6 Å². The maximum Gasteiger partial charge on any atom is 0.193 e. The van der Waals surface area contributed by atoms with Crippen LogP contribution in [0.25, 0.3) is 0 Å². The van der Waals surface area contributed by atoms with Crippen molar-refractivity contribution in [1.29, 1.82) is 0 Å². The smallest absolute Gasteiger partial charge is 0.193 e. The molecule has 0 spiro atoms. The van der Waals surface area contributed by atoms with Crippen molar-refractivity contribution in [1.82, 2.24) is 0 Å². The van der Waals surface area contributed by atoms with Crippen molar-refractivity contribution in [3.63, 3.8) is 0 Å². The van der Waals surface area contributed by atoms with Crippen LogP contribution in [0.2, 0.25) is 0 Å². The van der Waals surface area contributed by atoms with E-state index in [2.05, 4.69) is 15.9 Å². The molecule has 1 heterocycles. The van der Waals surface area contributed by atoms with Crippen molar-refractivity contribution in [3.8, 4) is 5.75 Å². The monoisotopic (exact) mass is 320 g/mol. The van der Waals surface area contributed by atoms with Crippen LogP contribution in [0, 0.1) is 5.82 Å². The lowest BCUT2D eigenvalue weighted by Gasteiger charge is -2.22. The van der Waals surface area contributed by atoms with Crippen LogP contribution >= 0.6 is 15.9 Å². The molecule has 3 rings (SSSR count). The fourth-order valence-electron chi connectivity index (χ4n) is 2.35. The van der Waals surface area contributed by atoms with E-state index in [4.69, 9.17) is 4.74 Å². The van der Waals surface area contributed by atoms with E-state index in [1.54, 1.807) is 0 Å². The summed E-state index contributed by atoms with van der Waals surface area (Å²) in [5.74, 6) is 0.0308. The number of ether oxygens (including phenoxy) is 1. The van der Waals surface area contributed by atoms with Gasteiger partial charge in [0.2, 0.25) is 0 Å². The Kier molecular flexibility index (Phi) is 2.90. The average Bonchev–Trinajstić information content (AvgIpc) is 2.80. The highest BCUT2D eigenvalue weighted by Gasteiger charge is 2.42. The number of carbonyl (C=O) groups is 1. The van der Waals surface area contributed by atoms with Gasteiger partial charge in [-0.05, 0) is 6.07 Å². The van der Waals surface area contributed by atoms with Gasteiger partial charge in [-0.25, -0.2) is 4.39 Å². The third kappa shape index (κ3) is 1.96. The van der Waals surface area contributed by atoms with Crippen LogP contribution in [0.3, 0.4) is 0 Å². The molecule has 0 saturated carbocycles. The molecule has 0 bridgehead atoms. The highest BCUT2D eigenvalue weighted by molar-refractivity contribution is 9.10. The molecule has 0 amide bonds. The summed E-state index contributed by atoms with van der Waals surface area (Å²) in [5, 5.41) is 0. The molecule has 0 aromatic heterocycles. The van der Waals surface area contributed by atoms with Crippen LogP contribution in [-0.4, -0.2) is 6.29 Å². The number of hydrogen-bond donors (Lipinski definition) is 0. The van der Waals surface area contributed by atoms with Crippen LogP contribution in [0.5, 0.6) is 5.75 Å². The minimum atomic E-state index is -1.06. The third-order valence-corrected chi connectivity index (χ3v) is 4.01. The first-order valence-electron chi connectivity index (χ1n) is 5.83. The first kappa shape index (κ1) is 12.4. The molecule has 2 nitrogen and oxygen atoms in total. The Balaban J connectivity index is 2.10. The van der Waals surface area contributed by atoms with E-state index in [-0.39, 0.29) is 5.82 Å². The van der Waals surface area contributed by atoms with E-state index < -0.39 is 5.60 Å². The fraction of sp³-hybridized carbons (Fsp3) is 0.133. The molecular weight excluding hydrogens is 311 g/mol. The molecule has 1 aliphatic heterocycles. The minimum Gasteiger partial charge on any atom is -0.474 e. The van der Waals surface area contributed by atoms with Crippen molar-refractivity contribution in [3.05, 3.63) is 63.9 Å². The molecule has 4 heteroatoms. The summed E-state index contributed by atoms with van der Waals surface area (Å²) in [5.41, 5.74) is 0.533. The summed E-state index contributed by atoms with van der Waals surface area (Å²) in [4.78, 5) is 11.6. The fourth-order valence-corrected chi connectivity index (χ4v) is 2.91. The van der Waals surface area contributed by atoms with Crippen LogP contribution in [0.4, 0.5) is 4.39 Å². The highest BCUT2D eigenvalue weighted by atomic mass is 79.9. The molecule has 1 atom stereocenters. The Hall–Kier alpha value is -1.68. The van der Waals surface area contributed by atoms with Crippen molar-refractivity contribution in [2.24, 2.45) is 0 Å². The maximum atomic E-state index is 13.4. The van der Waals surface area contributed by atoms with Crippen molar-refractivity contribution in [2.45, 2.75) is 12.0 Å². The Bertz CT molecular complexity index is 642. The second-order valence-electron chi connectivity index (χ2n) is 4.52. The van der Waals surface area contributed by atoms with E-state index >= 15 is 0 Å². The molecule has 2 aromatic carbocycles. The van der Waals surface area contributed by atoms with Crippen molar-refractivity contribution in [2.75, 3.05) is 0 Å². The van der Waals surface area contributed by atoms with Gasteiger partial charge in [-0.1, -0.05) is 46.3 Å². The molecule has 0 fully saturated rings. The Labute approximate surface area is 118 Å². The lowest BCUT2D eigenvalue weighted by atomic mass is 9.90. The standard InChI is InChI=1S/C15H10BrFO2/c16-13-6-11(17)7-14-12(13)8-15(9-18,19-14)10-4-2-1-3-5-10/h1-7,9H,8H2/t15-/m1/s1. The predicted octanol–water partition coefficient (Wildman–Crippen LogP) is 3.62. The number of halogens is 2. The molecule has 0 aliphatic carbocycles. The zero-order chi connectivity index (χ0) is 13.5. The van der Waals surface area contributed by atoms with Crippen LogP contribution in [-0.2, 0) is 16.8 Å². The average molecular weight is 321 g/mol. The SMILES string of the molecule is O=C[C@@]1(c2ccccc2)Cc2c(Br)cc(F)cc2O1. The van der Waals surface area contributed by atoms with Crippen LogP contribution in [0.15, 0.2) is 46.9 Å². The number of hydrogen-bond acceptors (Lipinski definition) is 2. The Morgan fingerprint density at radius 2 is 2.00 bits per heavy atom.